The lowest BCUT2D eigenvalue weighted by Crippen LogP contribution is -2.65. The van der Waals surface area contributed by atoms with E-state index in [0.717, 1.165) is 0 Å². The minimum absolute atomic E-state index is 0.309. The number of carboxylic acid groups (broad SMARTS) is 1. The topological polar surface area (TPSA) is 166 Å². The van der Waals surface area contributed by atoms with Gasteiger partial charge < -0.3 is 36.0 Å². The molecule has 8 N–H and O–H groups in total. The van der Waals surface area contributed by atoms with Crippen LogP contribution in [0.25, 0.3) is 0 Å². The van der Waals surface area contributed by atoms with Crippen LogP contribution in [0.4, 0.5) is 0 Å². The smallest absolute Gasteiger partial charge is 0.320 e. The Bertz CT molecular complexity index is 344. The molecule has 1 heterocycles. The lowest BCUT2D eigenvalue weighted by Gasteiger charge is -2.42. The fourth-order valence-corrected chi connectivity index (χ4v) is 2.12. The van der Waals surface area contributed by atoms with Gasteiger partial charge >= 0.3 is 5.97 Å². The molecule has 1 unspecified atom stereocenters. The molecule has 21 heavy (non-hydrogen) atoms. The summed E-state index contributed by atoms with van der Waals surface area (Å²) in [6.07, 6.45) is -3.02. The zero-order valence-electron chi connectivity index (χ0n) is 11.7. The Kier molecular flexibility index (Phi) is 6.94. The number of nitrogens with one attached hydrogen (secondary N) is 1. The number of carboxylic acids is 1. The number of nitrogens with two attached hydrogens (primary N) is 1. The maximum Gasteiger partial charge on any atom is 0.320 e. The third-order valence-corrected chi connectivity index (χ3v) is 3.53. The highest BCUT2D eigenvalue weighted by atomic mass is 16.6. The molecule has 9 heteroatoms. The van der Waals surface area contributed by atoms with E-state index in [-0.39, 0.29) is 6.61 Å². The molecule has 0 aromatic rings. The van der Waals surface area contributed by atoms with E-state index in [1.54, 1.807) is 0 Å². The van der Waals surface area contributed by atoms with Gasteiger partial charge in [-0.1, -0.05) is 6.42 Å². The number of rotatable bonds is 8. The molecule has 1 aliphatic heterocycles. The second kappa shape index (κ2) is 7.99. The number of ether oxygens (including phenoxy) is 1. The predicted molar refractivity (Wildman–Crippen MR) is 71.3 cm³/mol. The van der Waals surface area contributed by atoms with Crippen molar-refractivity contribution in [2.45, 2.75) is 49.4 Å². The van der Waals surface area contributed by atoms with Gasteiger partial charge in [-0.2, -0.15) is 0 Å². The summed E-state index contributed by atoms with van der Waals surface area (Å²) in [5.41, 5.74) is 5.34. The average molecular weight is 308 g/mol. The Morgan fingerprint density at radius 3 is 2.62 bits per heavy atom. The molecule has 1 fully saturated rings. The van der Waals surface area contributed by atoms with E-state index >= 15 is 0 Å². The monoisotopic (exact) mass is 308 g/mol. The van der Waals surface area contributed by atoms with Gasteiger partial charge in [-0.25, -0.2) is 0 Å². The van der Waals surface area contributed by atoms with E-state index in [2.05, 4.69) is 5.32 Å². The molecule has 1 aliphatic rings. The minimum Gasteiger partial charge on any atom is -0.480 e. The number of aliphatic hydroxyl groups is 4. The number of hydrogen-bond donors (Lipinski definition) is 7. The third-order valence-electron chi connectivity index (χ3n) is 3.53. The summed E-state index contributed by atoms with van der Waals surface area (Å²) in [6.45, 7) is -0.291. The standard InChI is InChI=1S/C12H24N2O7/c13-4-2-1-3-7(11(18)19)14-6-12(20)10(17)9(16)8(15)5-21-12/h7-10,14-17,20H,1-6,13H2,(H,18,19)/t7-,8+,9+,10-,12?/m0/s1. The summed E-state index contributed by atoms with van der Waals surface area (Å²) in [5.74, 6) is -3.25. The minimum atomic E-state index is -2.15. The molecular formula is C12H24N2O7. The molecule has 0 spiro atoms. The highest BCUT2D eigenvalue weighted by Crippen LogP contribution is 2.23. The van der Waals surface area contributed by atoms with E-state index in [0.29, 0.717) is 25.8 Å². The molecule has 1 rings (SSSR count). The maximum absolute atomic E-state index is 11.1. The van der Waals surface area contributed by atoms with Gasteiger partial charge in [0.2, 0.25) is 5.79 Å². The first kappa shape index (κ1) is 18.2. The first-order chi connectivity index (χ1) is 9.81. The SMILES string of the molecule is NCCCC[C@H](NCC1(O)OC[C@@H](O)[C@@H](O)[C@@H]1O)C(=O)O. The summed E-state index contributed by atoms with van der Waals surface area (Å²) in [5, 5.41) is 50.4. The largest absolute Gasteiger partial charge is 0.480 e. The van der Waals surface area contributed by atoms with Crippen molar-refractivity contribution in [3.8, 4) is 0 Å². The van der Waals surface area contributed by atoms with Crippen LogP contribution in [0.2, 0.25) is 0 Å². The van der Waals surface area contributed by atoms with Crippen molar-refractivity contribution < 1.29 is 35.1 Å². The quantitative estimate of drug-likeness (QED) is 0.231. The van der Waals surface area contributed by atoms with Crippen molar-refractivity contribution in [1.82, 2.24) is 5.32 Å². The molecule has 9 nitrogen and oxygen atoms in total. The van der Waals surface area contributed by atoms with E-state index in [4.69, 9.17) is 15.6 Å². The third kappa shape index (κ3) is 4.85. The maximum atomic E-state index is 11.1. The van der Waals surface area contributed by atoms with Crippen LogP contribution in [0.1, 0.15) is 19.3 Å². The van der Waals surface area contributed by atoms with Crippen LogP contribution in [-0.4, -0.2) is 81.3 Å². The Hall–Kier alpha value is -0.810. The zero-order valence-corrected chi connectivity index (χ0v) is 11.7. The van der Waals surface area contributed by atoms with E-state index in [9.17, 15) is 25.2 Å². The summed E-state index contributed by atoms with van der Waals surface area (Å²) >= 11 is 0. The molecule has 0 aliphatic carbocycles. The highest BCUT2D eigenvalue weighted by molar-refractivity contribution is 5.73. The molecule has 0 aromatic carbocycles. The summed E-state index contributed by atoms with van der Waals surface area (Å²) in [7, 11) is 0. The normalized spacial score (nSPS) is 34.6. The Labute approximate surface area is 122 Å². The van der Waals surface area contributed by atoms with Crippen molar-refractivity contribution in [3.05, 3.63) is 0 Å². The van der Waals surface area contributed by atoms with Gasteiger partial charge in [-0.05, 0) is 19.4 Å². The van der Waals surface area contributed by atoms with Crippen LogP contribution < -0.4 is 11.1 Å². The zero-order chi connectivity index (χ0) is 16.0. The summed E-state index contributed by atoms with van der Waals surface area (Å²) in [6, 6.07) is -0.930. The molecule has 0 bridgehead atoms. The number of hydrogen-bond acceptors (Lipinski definition) is 8. The van der Waals surface area contributed by atoms with Crippen LogP contribution >= 0.6 is 0 Å². The van der Waals surface area contributed by atoms with E-state index < -0.39 is 42.7 Å². The van der Waals surface area contributed by atoms with Crippen molar-refractivity contribution in [2.24, 2.45) is 5.73 Å². The van der Waals surface area contributed by atoms with Gasteiger partial charge in [0.25, 0.3) is 0 Å². The van der Waals surface area contributed by atoms with Crippen molar-refractivity contribution in [3.63, 3.8) is 0 Å². The Morgan fingerprint density at radius 1 is 1.38 bits per heavy atom. The summed E-state index contributed by atoms with van der Waals surface area (Å²) < 4.78 is 4.94. The molecule has 0 aromatic heterocycles. The van der Waals surface area contributed by atoms with Crippen LogP contribution in [0.15, 0.2) is 0 Å². The highest BCUT2D eigenvalue weighted by Gasteiger charge is 2.48. The fraction of sp³-hybridized carbons (Fsp3) is 0.917. The lowest BCUT2D eigenvalue weighted by molar-refractivity contribution is -0.318. The second-order valence-electron chi connectivity index (χ2n) is 5.21. The molecule has 5 atom stereocenters. The van der Waals surface area contributed by atoms with Crippen molar-refractivity contribution in [2.75, 3.05) is 19.7 Å². The first-order valence-electron chi connectivity index (χ1n) is 6.88. The molecule has 0 amide bonds. The molecule has 124 valence electrons. The van der Waals surface area contributed by atoms with Gasteiger partial charge in [-0.15, -0.1) is 0 Å². The van der Waals surface area contributed by atoms with Crippen molar-refractivity contribution in [1.29, 1.82) is 0 Å². The van der Waals surface area contributed by atoms with Crippen LogP contribution in [-0.2, 0) is 9.53 Å². The van der Waals surface area contributed by atoms with E-state index in [1.807, 2.05) is 0 Å². The number of aliphatic carboxylic acids is 1. The van der Waals surface area contributed by atoms with Gasteiger partial charge in [0.15, 0.2) is 0 Å². The fourth-order valence-electron chi connectivity index (χ4n) is 2.12. The van der Waals surface area contributed by atoms with Crippen molar-refractivity contribution >= 4 is 5.97 Å². The average Bonchev–Trinajstić information content (AvgIpc) is 2.45. The van der Waals surface area contributed by atoms with Gasteiger partial charge in [-0.3, -0.25) is 10.1 Å². The molecular weight excluding hydrogens is 284 g/mol. The van der Waals surface area contributed by atoms with Gasteiger partial charge in [0.1, 0.15) is 24.4 Å². The Balaban J connectivity index is 2.55. The van der Waals surface area contributed by atoms with E-state index in [1.165, 1.54) is 0 Å². The molecule has 0 radical (unpaired) electrons. The number of unbranched alkanes of at least 4 members (excludes halogenated alkanes) is 1. The van der Waals surface area contributed by atoms with Gasteiger partial charge in [0.05, 0.1) is 13.2 Å². The van der Waals surface area contributed by atoms with Crippen LogP contribution in [0, 0.1) is 0 Å². The van der Waals surface area contributed by atoms with Crippen LogP contribution in [0.5, 0.6) is 0 Å². The van der Waals surface area contributed by atoms with Gasteiger partial charge in [0, 0.05) is 0 Å². The number of aliphatic hydroxyl groups excluding tert-OH is 3. The summed E-state index contributed by atoms with van der Waals surface area (Å²) in [4.78, 5) is 11.1. The lowest BCUT2D eigenvalue weighted by atomic mass is 9.96. The predicted octanol–water partition coefficient (Wildman–Crippen LogP) is -3.04. The second-order valence-corrected chi connectivity index (χ2v) is 5.21. The first-order valence-corrected chi connectivity index (χ1v) is 6.88. The van der Waals surface area contributed by atoms with Crippen LogP contribution in [0.3, 0.4) is 0 Å². The number of carbonyl (C=O) groups is 1. The molecule has 0 saturated carbocycles. The molecule has 1 saturated heterocycles. The Morgan fingerprint density at radius 2 is 2.05 bits per heavy atom.